The Morgan fingerprint density at radius 1 is 1.44 bits per heavy atom. The molecule has 0 heterocycles. The number of hydrogen-bond acceptors (Lipinski definition) is 3. The van der Waals surface area contributed by atoms with E-state index in [1.165, 1.54) is 0 Å². The number of rotatable bonds is 5. The summed E-state index contributed by atoms with van der Waals surface area (Å²) >= 11 is 0. The second-order valence-electron chi connectivity index (χ2n) is 4.21. The van der Waals surface area contributed by atoms with Gasteiger partial charge in [0.05, 0.1) is 13.2 Å². The first-order valence-electron chi connectivity index (χ1n) is 5.86. The monoisotopic (exact) mass is 246 g/mol. The molecule has 1 N–H and O–H groups in total. The average molecular weight is 246 g/mol. The van der Waals surface area contributed by atoms with Gasteiger partial charge in [0.2, 0.25) is 5.91 Å². The number of carbonyl (C=O) groups excluding carboxylic acids is 1. The van der Waals surface area contributed by atoms with Crippen LogP contribution >= 0.6 is 0 Å². The number of methoxy groups -OCH3 is 1. The SMILES string of the molecule is COc1c(C)cc(C)cc1CNC(=O)CCC#N. The van der Waals surface area contributed by atoms with E-state index in [0.29, 0.717) is 6.54 Å². The first-order chi connectivity index (χ1) is 8.58. The Kier molecular flexibility index (Phi) is 5.19. The number of hydrogen-bond donors (Lipinski definition) is 1. The van der Waals surface area contributed by atoms with Gasteiger partial charge < -0.3 is 10.1 Å². The molecule has 0 fully saturated rings. The van der Waals surface area contributed by atoms with E-state index in [1.54, 1.807) is 7.11 Å². The molecular formula is C14H18N2O2. The van der Waals surface area contributed by atoms with Gasteiger partial charge in [-0.05, 0) is 19.4 Å². The minimum atomic E-state index is -0.113. The van der Waals surface area contributed by atoms with Crippen LogP contribution in [-0.2, 0) is 11.3 Å². The van der Waals surface area contributed by atoms with Crippen molar-refractivity contribution in [3.63, 3.8) is 0 Å². The fourth-order valence-electron chi connectivity index (χ4n) is 1.92. The Morgan fingerprint density at radius 2 is 2.17 bits per heavy atom. The van der Waals surface area contributed by atoms with E-state index in [2.05, 4.69) is 5.32 Å². The molecule has 0 aliphatic heterocycles. The number of benzene rings is 1. The van der Waals surface area contributed by atoms with E-state index in [4.69, 9.17) is 10.00 Å². The summed E-state index contributed by atoms with van der Waals surface area (Å²) < 4.78 is 5.34. The van der Waals surface area contributed by atoms with Crippen LogP contribution in [0, 0.1) is 25.2 Å². The smallest absolute Gasteiger partial charge is 0.221 e. The Balaban J connectivity index is 2.72. The zero-order valence-electron chi connectivity index (χ0n) is 11.0. The van der Waals surface area contributed by atoms with Crippen molar-refractivity contribution in [1.82, 2.24) is 5.32 Å². The minimum Gasteiger partial charge on any atom is -0.496 e. The van der Waals surface area contributed by atoms with Crippen LogP contribution in [0.1, 0.15) is 29.5 Å². The molecule has 0 radical (unpaired) electrons. The molecule has 0 atom stereocenters. The van der Waals surface area contributed by atoms with Crippen molar-refractivity contribution in [3.8, 4) is 11.8 Å². The predicted octanol–water partition coefficient (Wildman–Crippen LogP) is 2.23. The van der Waals surface area contributed by atoms with Crippen LogP contribution in [0.2, 0.25) is 0 Å². The predicted molar refractivity (Wildman–Crippen MR) is 69.2 cm³/mol. The molecular weight excluding hydrogens is 228 g/mol. The molecule has 1 amide bonds. The number of nitrogens with one attached hydrogen (secondary N) is 1. The number of carbonyl (C=O) groups is 1. The van der Waals surface area contributed by atoms with Crippen molar-refractivity contribution in [1.29, 1.82) is 5.26 Å². The van der Waals surface area contributed by atoms with Gasteiger partial charge in [-0.1, -0.05) is 17.7 Å². The van der Waals surface area contributed by atoms with E-state index in [1.807, 2.05) is 32.0 Å². The molecule has 0 unspecified atom stereocenters. The van der Waals surface area contributed by atoms with Gasteiger partial charge in [-0.3, -0.25) is 4.79 Å². The lowest BCUT2D eigenvalue weighted by atomic mass is 10.1. The lowest BCUT2D eigenvalue weighted by Crippen LogP contribution is -2.22. The van der Waals surface area contributed by atoms with Gasteiger partial charge in [0.15, 0.2) is 0 Å². The number of amides is 1. The molecule has 0 aliphatic rings. The molecule has 4 heteroatoms. The molecule has 1 aromatic carbocycles. The highest BCUT2D eigenvalue weighted by atomic mass is 16.5. The lowest BCUT2D eigenvalue weighted by molar-refractivity contribution is -0.121. The van der Waals surface area contributed by atoms with Crippen LogP contribution in [0.4, 0.5) is 0 Å². The van der Waals surface area contributed by atoms with Crippen LogP contribution in [0.5, 0.6) is 5.75 Å². The molecule has 1 aromatic rings. The molecule has 0 saturated heterocycles. The zero-order valence-corrected chi connectivity index (χ0v) is 11.0. The van der Waals surface area contributed by atoms with Gasteiger partial charge in [-0.2, -0.15) is 5.26 Å². The summed E-state index contributed by atoms with van der Waals surface area (Å²) in [4.78, 5) is 11.4. The fourth-order valence-corrected chi connectivity index (χ4v) is 1.92. The summed E-state index contributed by atoms with van der Waals surface area (Å²) in [7, 11) is 1.62. The van der Waals surface area contributed by atoms with E-state index >= 15 is 0 Å². The van der Waals surface area contributed by atoms with Crippen molar-refractivity contribution in [2.75, 3.05) is 7.11 Å². The number of nitriles is 1. The summed E-state index contributed by atoms with van der Waals surface area (Å²) in [5.41, 5.74) is 3.15. The van der Waals surface area contributed by atoms with Crippen LogP contribution in [-0.4, -0.2) is 13.0 Å². The quantitative estimate of drug-likeness (QED) is 0.866. The molecule has 96 valence electrons. The van der Waals surface area contributed by atoms with Gasteiger partial charge in [0.1, 0.15) is 5.75 Å². The Bertz CT molecular complexity index is 475. The minimum absolute atomic E-state index is 0.113. The Labute approximate surface area is 108 Å². The molecule has 18 heavy (non-hydrogen) atoms. The molecule has 0 saturated carbocycles. The molecule has 1 rings (SSSR count). The first-order valence-corrected chi connectivity index (χ1v) is 5.86. The zero-order chi connectivity index (χ0) is 13.5. The van der Waals surface area contributed by atoms with E-state index in [0.717, 1.165) is 22.4 Å². The molecule has 0 bridgehead atoms. The van der Waals surface area contributed by atoms with Gasteiger partial charge in [-0.25, -0.2) is 0 Å². The summed E-state index contributed by atoms with van der Waals surface area (Å²) in [5.74, 6) is 0.693. The summed E-state index contributed by atoms with van der Waals surface area (Å²) in [6.07, 6.45) is 0.486. The van der Waals surface area contributed by atoms with Crippen molar-refractivity contribution in [2.45, 2.75) is 33.2 Å². The average Bonchev–Trinajstić information content (AvgIpc) is 2.33. The fraction of sp³-hybridized carbons (Fsp3) is 0.429. The van der Waals surface area contributed by atoms with Gasteiger partial charge >= 0.3 is 0 Å². The summed E-state index contributed by atoms with van der Waals surface area (Å²) in [6.45, 7) is 4.41. The molecule has 0 aliphatic carbocycles. The number of ether oxygens (including phenoxy) is 1. The largest absolute Gasteiger partial charge is 0.496 e. The van der Waals surface area contributed by atoms with E-state index < -0.39 is 0 Å². The summed E-state index contributed by atoms with van der Waals surface area (Å²) in [5, 5.41) is 11.2. The van der Waals surface area contributed by atoms with Crippen LogP contribution in [0.25, 0.3) is 0 Å². The Hall–Kier alpha value is -2.02. The van der Waals surface area contributed by atoms with Crippen molar-refractivity contribution >= 4 is 5.91 Å². The highest BCUT2D eigenvalue weighted by molar-refractivity contribution is 5.76. The van der Waals surface area contributed by atoms with Gasteiger partial charge in [0, 0.05) is 24.9 Å². The number of aryl methyl sites for hydroxylation is 2. The van der Waals surface area contributed by atoms with Crippen LogP contribution in [0.3, 0.4) is 0 Å². The van der Waals surface area contributed by atoms with Crippen molar-refractivity contribution in [3.05, 3.63) is 28.8 Å². The third-order valence-corrected chi connectivity index (χ3v) is 2.64. The van der Waals surface area contributed by atoms with Crippen molar-refractivity contribution < 1.29 is 9.53 Å². The third-order valence-electron chi connectivity index (χ3n) is 2.64. The third kappa shape index (κ3) is 3.77. The van der Waals surface area contributed by atoms with E-state index in [-0.39, 0.29) is 18.7 Å². The van der Waals surface area contributed by atoms with Crippen LogP contribution < -0.4 is 10.1 Å². The molecule has 0 aromatic heterocycles. The molecule has 0 spiro atoms. The Morgan fingerprint density at radius 3 is 2.78 bits per heavy atom. The molecule has 4 nitrogen and oxygen atoms in total. The maximum absolute atomic E-state index is 11.4. The first kappa shape index (κ1) is 14.0. The maximum atomic E-state index is 11.4. The van der Waals surface area contributed by atoms with Crippen molar-refractivity contribution in [2.24, 2.45) is 0 Å². The van der Waals surface area contributed by atoms with Gasteiger partial charge in [0.25, 0.3) is 0 Å². The highest BCUT2D eigenvalue weighted by Crippen LogP contribution is 2.24. The maximum Gasteiger partial charge on any atom is 0.221 e. The normalized spacial score (nSPS) is 9.67. The van der Waals surface area contributed by atoms with E-state index in [9.17, 15) is 4.79 Å². The van der Waals surface area contributed by atoms with Crippen LogP contribution in [0.15, 0.2) is 12.1 Å². The standard InChI is InChI=1S/C14H18N2O2/c1-10-7-11(2)14(18-3)12(8-10)9-16-13(17)5-4-6-15/h7-8H,4-5,9H2,1-3H3,(H,16,17). The van der Waals surface area contributed by atoms with Gasteiger partial charge in [-0.15, -0.1) is 0 Å². The second kappa shape index (κ2) is 6.65. The topological polar surface area (TPSA) is 62.1 Å². The summed E-state index contributed by atoms with van der Waals surface area (Å²) in [6, 6.07) is 5.99. The lowest BCUT2D eigenvalue weighted by Gasteiger charge is -2.13. The second-order valence-corrected chi connectivity index (χ2v) is 4.21. The number of nitrogens with zero attached hydrogens (tertiary/aromatic N) is 1. The highest BCUT2D eigenvalue weighted by Gasteiger charge is 2.08.